The Kier molecular flexibility index (Phi) is 11.9. The molecule has 260 valence electrons. The van der Waals surface area contributed by atoms with Gasteiger partial charge in [0.15, 0.2) is 0 Å². The summed E-state index contributed by atoms with van der Waals surface area (Å²) in [5, 5.41) is 14.0. The fraction of sp³-hybridized carbons (Fsp3) is 0.0833. The minimum Gasteiger partial charge on any atom is -0.146 e. The molecule has 8 aromatic rings. The maximum absolute atomic E-state index is 3.58. The number of hydrogen-bond acceptors (Lipinski definition) is 0. The molecule has 0 N–H and O–H groups in total. The van der Waals surface area contributed by atoms with Crippen LogP contribution in [0.2, 0.25) is 0 Å². The standard InChI is InChI=1S/2C24H18P.2Au/c2*1-3-9-20(10-4-1)25(21-11-5-2-6-12-21)23-17-16-19-15-14-18-8-7-13-22(23)24(18)19;;/h2*1-12,16-17H,14-15H2;;/q2*-1;2*+1. The van der Waals surface area contributed by atoms with Gasteiger partial charge in [0.1, 0.15) is 0 Å². The molecule has 0 nitrogen and oxygen atoms in total. The average Bonchev–Trinajstić information content (AvgIpc) is 3.82. The molecule has 0 aliphatic heterocycles. The molecule has 0 heterocycles. The third kappa shape index (κ3) is 7.13. The smallest absolute Gasteiger partial charge is 0.146 e. The summed E-state index contributed by atoms with van der Waals surface area (Å²) in [5.74, 6) is 0. The Labute approximate surface area is 341 Å². The van der Waals surface area contributed by atoms with Crippen LogP contribution >= 0.6 is 15.8 Å². The van der Waals surface area contributed by atoms with E-state index in [1.54, 1.807) is 0 Å². The zero-order chi connectivity index (χ0) is 33.3. The molecule has 0 radical (unpaired) electrons. The zero-order valence-electron chi connectivity index (χ0n) is 28.5. The van der Waals surface area contributed by atoms with E-state index in [2.05, 4.69) is 182 Å². The molecule has 0 fully saturated rings. The minimum atomic E-state index is -0.574. The van der Waals surface area contributed by atoms with E-state index < -0.39 is 15.8 Å². The average molecular weight is 1070 g/mol. The van der Waals surface area contributed by atoms with E-state index in [1.165, 1.54) is 101 Å². The second kappa shape index (κ2) is 16.7. The van der Waals surface area contributed by atoms with E-state index >= 15 is 0 Å². The maximum Gasteiger partial charge on any atom is 1.00 e. The van der Waals surface area contributed by atoms with Gasteiger partial charge in [-0.15, -0.1) is 69.1 Å². The van der Waals surface area contributed by atoms with Crippen LogP contribution in [-0.2, 0) is 70.4 Å². The first-order chi connectivity index (χ1) is 24.8. The van der Waals surface area contributed by atoms with E-state index in [0.717, 1.165) is 0 Å². The van der Waals surface area contributed by atoms with Crippen molar-refractivity contribution in [3.05, 3.63) is 204 Å². The summed E-state index contributed by atoms with van der Waals surface area (Å²) in [6, 6.07) is 69.0. The van der Waals surface area contributed by atoms with Gasteiger partial charge in [-0.1, -0.05) is 183 Å². The number of benzene rings is 8. The SMILES string of the molecule is [Au+].[Au+].[c-]1ccc2c3c(ccc(P(c4ccccc4)c4ccccc4)c13)CC2.[c-]1ccc2c3c(ccc(P(c4ccccc4)c4ccccc4)c13)CC2. The summed E-state index contributed by atoms with van der Waals surface area (Å²) < 4.78 is 0. The van der Waals surface area contributed by atoms with Crippen LogP contribution in [-0.4, -0.2) is 0 Å². The van der Waals surface area contributed by atoms with Crippen molar-refractivity contribution in [2.24, 2.45) is 0 Å². The van der Waals surface area contributed by atoms with Crippen LogP contribution in [0.25, 0.3) is 21.5 Å². The van der Waals surface area contributed by atoms with Crippen molar-refractivity contribution in [1.82, 2.24) is 0 Å². The van der Waals surface area contributed by atoms with Crippen molar-refractivity contribution in [3.8, 4) is 0 Å². The Bertz CT molecular complexity index is 2160. The Morgan fingerprint density at radius 3 is 0.923 bits per heavy atom. The van der Waals surface area contributed by atoms with E-state index in [1.807, 2.05) is 0 Å². The van der Waals surface area contributed by atoms with Crippen LogP contribution < -0.4 is 31.8 Å². The molecule has 2 aliphatic rings. The van der Waals surface area contributed by atoms with Gasteiger partial charge in [-0.25, -0.2) is 0 Å². The summed E-state index contributed by atoms with van der Waals surface area (Å²) in [7, 11) is -1.15. The Morgan fingerprint density at radius 2 is 0.615 bits per heavy atom. The van der Waals surface area contributed by atoms with E-state index in [4.69, 9.17) is 0 Å². The summed E-state index contributed by atoms with van der Waals surface area (Å²) >= 11 is 0. The molecule has 0 atom stereocenters. The largest absolute Gasteiger partial charge is 1.00 e. The van der Waals surface area contributed by atoms with E-state index in [9.17, 15) is 0 Å². The molecule has 10 rings (SSSR count). The van der Waals surface area contributed by atoms with Gasteiger partial charge in [0, 0.05) is 0 Å². The summed E-state index contributed by atoms with van der Waals surface area (Å²) in [4.78, 5) is 0. The predicted molar refractivity (Wildman–Crippen MR) is 218 cm³/mol. The van der Waals surface area contributed by atoms with Crippen LogP contribution in [0.15, 0.2) is 170 Å². The summed E-state index contributed by atoms with van der Waals surface area (Å²) in [6.45, 7) is 0. The first-order valence-electron chi connectivity index (χ1n) is 17.5. The van der Waals surface area contributed by atoms with Gasteiger partial charge in [0.2, 0.25) is 0 Å². The molecule has 4 heteroatoms. The monoisotopic (exact) mass is 1070 g/mol. The number of aryl methyl sites for hydroxylation is 4. The van der Waals surface area contributed by atoms with Crippen molar-refractivity contribution in [2.45, 2.75) is 25.7 Å². The van der Waals surface area contributed by atoms with Gasteiger partial charge in [-0.05, 0) is 46.9 Å². The van der Waals surface area contributed by atoms with Crippen molar-refractivity contribution in [3.63, 3.8) is 0 Å². The van der Waals surface area contributed by atoms with Crippen LogP contribution in [0.5, 0.6) is 0 Å². The predicted octanol–water partition coefficient (Wildman–Crippen LogP) is 8.99. The third-order valence-corrected chi connectivity index (χ3v) is 15.0. The van der Waals surface area contributed by atoms with Crippen LogP contribution in [0.3, 0.4) is 0 Å². The van der Waals surface area contributed by atoms with Gasteiger partial charge >= 0.3 is 44.8 Å². The third-order valence-electron chi connectivity index (χ3n) is 10.1. The van der Waals surface area contributed by atoms with E-state index in [0.29, 0.717) is 0 Å². The molecular weight excluding hydrogens is 1030 g/mol. The first-order valence-corrected chi connectivity index (χ1v) is 20.2. The van der Waals surface area contributed by atoms with Crippen molar-refractivity contribution >= 4 is 69.2 Å². The molecule has 0 spiro atoms. The molecule has 8 aromatic carbocycles. The van der Waals surface area contributed by atoms with Crippen molar-refractivity contribution in [2.75, 3.05) is 0 Å². The van der Waals surface area contributed by atoms with Crippen LogP contribution in [0.4, 0.5) is 0 Å². The topological polar surface area (TPSA) is 0 Å². The molecule has 0 bridgehead atoms. The molecule has 0 amide bonds. The van der Waals surface area contributed by atoms with Gasteiger partial charge in [-0.3, -0.25) is 0 Å². The second-order valence-corrected chi connectivity index (χ2v) is 17.4. The van der Waals surface area contributed by atoms with Gasteiger partial charge in [-0.2, -0.15) is 0 Å². The minimum absolute atomic E-state index is 0. The molecule has 52 heavy (non-hydrogen) atoms. The van der Waals surface area contributed by atoms with Crippen molar-refractivity contribution in [1.29, 1.82) is 0 Å². The normalized spacial score (nSPS) is 12.3. The van der Waals surface area contributed by atoms with Gasteiger partial charge in [0.25, 0.3) is 0 Å². The Hall–Kier alpha value is -3.38. The van der Waals surface area contributed by atoms with E-state index in [-0.39, 0.29) is 44.8 Å². The first kappa shape index (κ1) is 37.0. The number of hydrogen-bond donors (Lipinski definition) is 0. The summed E-state index contributed by atoms with van der Waals surface area (Å²) in [5.41, 5.74) is 5.95. The van der Waals surface area contributed by atoms with Crippen LogP contribution in [0, 0.1) is 12.1 Å². The van der Waals surface area contributed by atoms with Gasteiger partial charge in [0.05, 0.1) is 0 Å². The molecule has 0 saturated heterocycles. The second-order valence-electron chi connectivity index (χ2n) is 13.0. The zero-order valence-corrected chi connectivity index (χ0v) is 34.6. The molecule has 0 aromatic heterocycles. The molecule has 0 saturated carbocycles. The fourth-order valence-corrected chi connectivity index (χ4v) is 12.7. The molecule has 0 unspecified atom stereocenters. The Balaban J connectivity index is 0.000000156. The van der Waals surface area contributed by atoms with Crippen LogP contribution in [0.1, 0.15) is 22.3 Å². The van der Waals surface area contributed by atoms with Gasteiger partial charge < -0.3 is 0 Å². The molecule has 2 aliphatic carbocycles. The quantitative estimate of drug-likeness (QED) is 0.0888. The number of rotatable bonds is 6. The molecular formula is C48H36Au2P2. The maximum atomic E-state index is 3.58. The Morgan fingerprint density at radius 1 is 0.327 bits per heavy atom. The fourth-order valence-electron chi connectivity index (χ4n) is 7.82. The van der Waals surface area contributed by atoms with Crippen molar-refractivity contribution < 1.29 is 44.8 Å². The summed E-state index contributed by atoms with van der Waals surface area (Å²) in [6.07, 6.45) is 4.66.